The molecule has 4 rings (SSSR count). The summed E-state index contributed by atoms with van der Waals surface area (Å²) in [4.78, 5) is 12.8. The fraction of sp³-hybridized carbons (Fsp3) is 0.115. The average molecular weight is 496 g/mol. The molecule has 8 heteroatoms. The maximum absolute atomic E-state index is 13.3. The minimum Gasteiger partial charge on any atom is -0.495 e. The van der Waals surface area contributed by atoms with Gasteiger partial charge >= 0.3 is 5.97 Å². The Morgan fingerprint density at radius 2 is 1.65 bits per heavy atom. The van der Waals surface area contributed by atoms with Gasteiger partial charge in [0.2, 0.25) is 0 Å². The summed E-state index contributed by atoms with van der Waals surface area (Å²) in [5.41, 5.74) is 1.17. The molecule has 0 spiro atoms. The Hall–Kier alpha value is -3.55. The monoisotopic (exact) mass is 495 g/mol. The molecule has 0 saturated heterocycles. The molecule has 0 aromatic heterocycles. The summed E-state index contributed by atoms with van der Waals surface area (Å²) < 4.78 is 38.5. The first-order valence-corrected chi connectivity index (χ1v) is 12.2. The number of sulfonamides is 1. The highest BCUT2D eigenvalue weighted by Gasteiger charge is 2.26. The van der Waals surface area contributed by atoms with E-state index in [4.69, 9.17) is 21.1 Å². The van der Waals surface area contributed by atoms with Crippen LogP contribution in [0.3, 0.4) is 0 Å². The summed E-state index contributed by atoms with van der Waals surface area (Å²) in [5.74, 6) is -0.313. The van der Waals surface area contributed by atoms with E-state index in [1.165, 1.54) is 32.4 Å². The van der Waals surface area contributed by atoms with Crippen LogP contribution in [0, 0.1) is 0 Å². The highest BCUT2D eigenvalue weighted by molar-refractivity contribution is 7.92. The van der Waals surface area contributed by atoms with Gasteiger partial charge in [-0.25, -0.2) is 13.2 Å². The van der Waals surface area contributed by atoms with E-state index in [2.05, 4.69) is 0 Å². The summed E-state index contributed by atoms with van der Waals surface area (Å²) in [6, 6.07) is 24.2. The van der Waals surface area contributed by atoms with E-state index < -0.39 is 16.0 Å². The van der Waals surface area contributed by atoms with E-state index in [9.17, 15) is 13.2 Å². The average Bonchev–Trinajstić information content (AvgIpc) is 2.86. The zero-order valence-electron chi connectivity index (χ0n) is 18.6. The Kier molecular flexibility index (Phi) is 6.77. The SMILES string of the molecule is COc1ccccc1N(C)S(=O)(=O)c1ccc(Cl)c(C(=O)OCc2cccc3ccccc23)c1. The molecule has 0 saturated carbocycles. The van der Waals surface area contributed by atoms with Gasteiger partial charge in [-0.2, -0.15) is 0 Å². The minimum atomic E-state index is -4.01. The summed E-state index contributed by atoms with van der Waals surface area (Å²) in [5, 5.41) is 2.10. The first-order chi connectivity index (χ1) is 16.3. The van der Waals surface area contributed by atoms with Crippen LogP contribution < -0.4 is 9.04 Å². The molecule has 0 aliphatic rings. The highest BCUT2D eigenvalue weighted by Crippen LogP contribution is 2.32. The lowest BCUT2D eigenvalue weighted by Gasteiger charge is -2.22. The number of esters is 1. The molecule has 0 radical (unpaired) electrons. The number of benzene rings is 4. The molecule has 4 aromatic rings. The van der Waals surface area contributed by atoms with Gasteiger partial charge in [-0.3, -0.25) is 4.31 Å². The van der Waals surface area contributed by atoms with Crippen LogP contribution in [0.25, 0.3) is 10.8 Å². The number of fused-ring (bicyclic) bond motifs is 1. The van der Waals surface area contributed by atoms with Crippen LogP contribution in [0.5, 0.6) is 5.75 Å². The maximum Gasteiger partial charge on any atom is 0.340 e. The number of anilines is 1. The Morgan fingerprint density at radius 3 is 2.44 bits per heavy atom. The quantitative estimate of drug-likeness (QED) is 0.308. The third-order valence-corrected chi connectivity index (χ3v) is 7.58. The number of carbonyl (C=O) groups excluding carboxylic acids is 1. The molecular weight excluding hydrogens is 474 g/mol. The van der Waals surface area contributed by atoms with Crippen molar-refractivity contribution in [3.05, 3.63) is 101 Å². The molecule has 0 amide bonds. The molecule has 0 heterocycles. The molecule has 6 nitrogen and oxygen atoms in total. The van der Waals surface area contributed by atoms with Gasteiger partial charge in [0.15, 0.2) is 0 Å². The number of hydrogen-bond acceptors (Lipinski definition) is 5. The number of nitrogens with zero attached hydrogens (tertiary/aromatic N) is 1. The molecule has 0 aliphatic carbocycles. The lowest BCUT2D eigenvalue weighted by atomic mass is 10.1. The maximum atomic E-state index is 13.3. The van der Waals surface area contributed by atoms with Crippen LogP contribution in [0.1, 0.15) is 15.9 Å². The molecule has 0 bridgehead atoms. The number of rotatable bonds is 7. The van der Waals surface area contributed by atoms with Crippen molar-refractivity contribution in [2.45, 2.75) is 11.5 Å². The normalized spacial score (nSPS) is 11.3. The van der Waals surface area contributed by atoms with Gasteiger partial charge in [-0.05, 0) is 46.7 Å². The second-order valence-corrected chi connectivity index (χ2v) is 9.88. The van der Waals surface area contributed by atoms with Crippen LogP contribution in [0.4, 0.5) is 5.69 Å². The van der Waals surface area contributed by atoms with Crippen molar-refractivity contribution in [1.29, 1.82) is 0 Å². The fourth-order valence-electron chi connectivity index (χ4n) is 3.64. The van der Waals surface area contributed by atoms with E-state index in [-0.39, 0.29) is 22.1 Å². The largest absolute Gasteiger partial charge is 0.495 e. The van der Waals surface area contributed by atoms with Gasteiger partial charge in [0.1, 0.15) is 12.4 Å². The van der Waals surface area contributed by atoms with Gasteiger partial charge in [-0.15, -0.1) is 0 Å². The van der Waals surface area contributed by atoms with Gasteiger partial charge in [0, 0.05) is 7.05 Å². The topological polar surface area (TPSA) is 72.9 Å². The predicted molar refractivity (Wildman–Crippen MR) is 133 cm³/mol. The number of halogens is 1. The van der Waals surface area contributed by atoms with Crippen LogP contribution in [0.15, 0.2) is 89.8 Å². The van der Waals surface area contributed by atoms with Crippen LogP contribution in [0.2, 0.25) is 5.02 Å². The number of carbonyl (C=O) groups is 1. The van der Waals surface area contributed by atoms with E-state index in [1.54, 1.807) is 24.3 Å². The van der Waals surface area contributed by atoms with Crippen molar-refractivity contribution in [3.63, 3.8) is 0 Å². The van der Waals surface area contributed by atoms with E-state index in [1.807, 2.05) is 42.5 Å². The van der Waals surface area contributed by atoms with Crippen LogP contribution in [-0.4, -0.2) is 28.5 Å². The van der Waals surface area contributed by atoms with Crippen molar-refractivity contribution >= 4 is 44.1 Å². The summed E-state index contributed by atoms with van der Waals surface area (Å²) in [6.45, 7) is 0.0224. The smallest absolute Gasteiger partial charge is 0.340 e. The summed E-state index contributed by atoms with van der Waals surface area (Å²) >= 11 is 6.23. The second-order valence-electron chi connectivity index (χ2n) is 7.50. The minimum absolute atomic E-state index is 0.0224. The molecule has 0 unspecified atom stereocenters. The zero-order valence-corrected chi connectivity index (χ0v) is 20.1. The predicted octanol–water partition coefficient (Wildman–Crippen LogP) is 5.68. The standard InChI is InChI=1S/C26H22ClNO5S/c1-28(24-12-5-6-13-25(24)32-2)34(30,31)20-14-15-23(27)22(16-20)26(29)33-17-19-10-7-9-18-8-3-4-11-21(18)19/h3-16H,17H2,1-2H3. The molecular formula is C26H22ClNO5S. The third kappa shape index (κ3) is 4.58. The Bertz CT molecular complexity index is 1460. The molecule has 0 atom stereocenters. The van der Waals surface area contributed by atoms with Crippen LogP contribution >= 0.6 is 11.6 Å². The Morgan fingerprint density at radius 1 is 0.941 bits per heavy atom. The first kappa shape index (κ1) is 23.6. The fourth-order valence-corrected chi connectivity index (χ4v) is 5.07. The molecule has 4 aromatic carbocycles. The van der Waals surface area contributed by atoms with Crippen molar-refractivity contribution in [2.75, 3.05) is 18.5 Å². The molecule has 0 aliphatic heterocycles. The van der Waals surface area contributed by atoms with E-state index in [0.717, 1.165) is 20.6 Å². The van der Waals surface area contributed by atoms with E-state index in [0.29, 0.717) is 11.4 Å². The number of para-hydroxylation sites is 2. The summed E-state index contributed by atoms with van der Waals surface area (Å²) in [7, 11) is -1.13. The number of hydrogen-bond donors (Lipinski definition) is 0. The zero-order chi connectivity index (χ0) is 24.3. The molecule has 0 fully saturated rings. The van der Waals surface area contributed by atoms with Crippen molar-refractivity contribution < 1.29 is 22.7 Å². The molecule has 34 heavy (non-hydrogen) atoms. The van der Waals surface area contributed by atoms with Crippen molar-refractivity contribution in [2.24, 2.45) is 0 Å². The van der Waals surface area contributed by atoms with Crippen LogP contribution in [-0.2, 0) is 21.4 Å². The third-order valence-electron chi connectivity index (χ3n) is 5.48. The Labute approximate surface area is 203 Å². The number of methoxy groups -OCH3 is 1. The summed E-state index contributed by atoms with van der Waals surface area (Å²) in [6.07, 6.45) is 0. The van der Waals surface area contributed by atoms with Crippen molar-refractivity contribution in [3.8, 4) is 5.75 Å². The van der Waals surface area contributed by atoms with Crippen molar-refractivity contribution in [1.82, 2.24) is 0 Å². The van der Waals surface area contributed by atoms with Gasteiger partial charge < -0.3 is 9.47 Å². The first-order valence-electron chi connectivity index (χ1n) is 10.4. The highest BCUT2D eigenvalue weighted by atomic mass is 35.5. The second kappa shape index (κ2) is 9.75. The van der Waals surface area contributed by atoms with Gasteiger partial charge in [0.05, 0.1) is 28.3 Å². The Balaban J connectivity index is 1.60. The lowest BCUT2D eigenvalue weighted by molar-refractivity contribution is 0.0474. The number of ether oxygens (including phenoxy) is 2. The van der Waals surface area contributed by atoms with E-state index >= 15 is 0 Å². The van der Waals surface area contributed by atoms with Gasteiger partial charge in [-0.1, -0.05) is 66.2 Å². The lowest BCUT2D eigenvalue weighted by Crippen LogP contribution is -2.27. The molecule has 0 N–H and O–H groups in total. The van der Waals surface area contributed by atoms with Gasteiger partial charge in [0.25, 0.3) is 10.0 Å². The molecule has 174 valence electrons.